The van der Waals surface area contributed by atoms with E-state index in [9.17, 15) is 19.1 Å². The summed E-state index contributed by atoms with van der Waals surface area (Å²) in [6, 6.07) is 13.0. The first-order valence-electron chi connectivity index (χ1n) is 13.8. The Bertz CT molecular complexity index is 1610. The number of nitrogens with one attached hydrogen (secondary N) is 1. The zero-order valence-electron chi connectivity index (χ0n) is 23.7. The Morgan fingerprint density at radius 3 is 2.62 bits per heavy atom. The molecule has 0 unspecified atom stereocenters. The second-order valence-corrected chi connectivity index (χ2v) is 13.0. The van der Waals surface area contributed by atoms with Gasteiger partial charge in [0.05, 0.1) is 31.1 Å². The number of carbonyl (C=O) groups excluding carboxylic acids is 1. The number of methoxy groups -OCH3 is 1. The summed E-state index contributed by atoms with van der Waals surface area (Å²) < 4.78 is 36.1. The fourth-order valence-corrected chi connectivity index (χ4v) is 7.50. The summed E-state index contributed by atoms with van der Waals surface area (Å²) in [5.74, 6) is -3.84. The Balaban J connectivity index is 1.57. The number of carboxylic acid groups (broad SMARTS) is 1. The number of fused-ring (bicyclic) bond motifs is 3. The molecule has 4 atom stereocenters. The van der Waals surface area contributed by atoms with Gasteiger partial charge in [-0.05, 0) is 59.4 Å². The van der Waals surface area contributed by atoms with Crippen LogP contribution in [0.25, 0.3) is 0 Å². The first kappa shape index (κ1) is 28.4. The molecule has 2 saturated heterocycles. The van der Waals surface area contributed by atoms with E-state index < -0.39 is 35.0 Å². The summed E-state index contributed by atoms with van der Waals surface area (Å²) in [6.45, 7) is 6.97. The molecule has 1 spiro atoms. The molecule has 2 N–H and O–H groups in total. The number of benzene rings is 3. The van der Waals surface area contributed by atoms with E-state index in [0.29, 0.717) is 23.7 Å². The zero-order chi connectivity index (χ0) is 30.1. The van der Waals surface area contributed by atoms with Gasteiger partial charge in [-0.1, -0.05) is 50.6 Å². The average Bonchev–Trinajstić information content (AvgIpc) is 3.55. The number of carboxylic acids is 1. The molecule has 10 heteroatoms. The largest absolute Gasteiger partial charge is 0.495 e. The average molecular weight is 596 g/mol. The van der Waals surface area contributed by atoms with Crippen LogP contribution in [0, 0.1) is 17.0 Å². The van der Waals surface area contributed by atoms with Crippen LogP contribution in [0.15, 0.2) is 54.6 Å². The molecule has 0 saturated carbocycles. The zero-order valence-corrected chi connectivity index (χ0v) is 24.5. The van der Waals surface area contributed by atoms with Gasteiger partial charge in [0.2, 0.25) is 5.91 Å². The van der Waals surface area contributed by atoms with Gasteiger partial charge >= 0.3 is 5.97 Å². The van der Waals surface area contributed by atoms with Crippen molar-refractivity contribution in [1.82, 2.24) is 4.90 Å². The van der Waals surface area contributed by atoms with Crippen LogP contribution in [0.1, 0.15) is 54.6 Å². The monoisotopic (exact) mass is 595 g/mol. The molecule has 220 valence electrons. The number of amides is 1. The highest BCUT2D eigenvalue weighted by molar-refractivity contribution is 6.30. The minimum absolute atomic E-state index is 0.0271. The van der Waals surface area contributed by atoms with Gasteiger partial charge in [-0.25, -0.2) is 13.6 Å². The van der Waals surface area contributed by atoms with Crippen molar-refractivity contribution in [1.29, 1.82) is 0 Å². The van der Waals surface area contributed by atoms with Gasteiger partial charge in [0, 0.05) is 34.6 Å². The first-order chi connectivity index (χ1) is 19.9. The van der Waals surface area contributed by atoms with E-state index in [1.807, 2.05) is 12.1 Å². The topological polar surface area (TPSA) is 82.1 Å². The van der Waals surface area contributed by atoms with E-state index in [1.54, 1.807) is 23.1 Å². The molecule has 0 aliphatic carbocycles. The lowest BCUT2D eigenvalue weighted by molar-refractivity contribution is -0.119. The molecule has 3 aliphatic rings. The highest BCUT2D eigenvalue weighted by atomic mass is 35.5. The number of rotatable bonds is 5. The summed E-state index contributed by atoms with van der Waals surface area (Å²) in [6.07, 6.45) is 0.664. The molecule has 1 amide bonds. The predicted octanol–water partition coefficient (Wildman–Crippen LogP) is 6.27. The van der Waals surface area contributed by atoms with E-state index in [0.717, 1.165) is 17.3 Å². The van der Waals surface area contributed by atoms with Crippen LogP contribution < -0.4 is 15.0 Å². The standard InChI is InChI=1S/C32H32ClF2N3O4/c1-31(2,3)14-25-32(15-36-22-13-18(33)9-10-20(22)32)26(19-6-5-7-21(34)27(19)35)28-29(39)37(16-38(25)28)23-11-8-17(30(40)41)12-24(23)42-4/h5-13,25-26,28,36H,14-16H2,1-4H3,(H,40,41)/t25-,26-,28+,32-/m0/s1. The number of aromatic carboxylic acids is 1. The highest BCUT2D eigenvalue weighted by Crippen LogP contribution is 2.61. The van der Waals surface area contributed by atoms with Crippen LogP contribution in [0.5, 0.6) is 5.75 Å². The van der Waals surface area contributed by atoms with Gasteiger partial charge < -0.3 is 15.2 Å². The molecule has 7 nitrogen and oxygen atoms in total. The van der Waals surface area contributed by atoms with Crippen LogP contribution in [0.4, 0.5) is 20.2 Å². The molecule has 2 fully saturated rings. The van der Waals surface area contributed by atoms with Gasteiger partial charge in [0.1, 0.15) is 5.75 Å². The van der Waals surface area contributed by atoms with E-state index in [2.05, 4.69) is 31.0 Å². The number of anilines is 2. The maximum absolute atomic E-state index is 15.8. The Labute approximate surface area is 248 Å². The molecule has 42 heavy (non-hydrogen) atoms. The van der Waals surface area contributed by atoms with Crippen LogP contribution >= 0.6 is 11.6 Å². The number of hydrogen-bond donors (Lipinski definition) is 2. The smallest absolute Gasteiger partial charge is 0.335 e. The molecular weight excluding hydrogens is 564 g/mol. The number of nitrogens with zero attached hydrogens (tertiary/aromatic N) is 2. The molecule has 3 heterocycles. The Morgan fingerprint density at radius 2 is 1.93 bits per heavy atom. The van der Waals surface area contributed by atoms with Crippen LogP contribution in [0.3, 0.4) is 0 Å². The van der Waals surface area contributed by atoms with Gasteiger partial charge in [-0.3, -0.25) is 14.6 Å². The maximum atomic E-state index is 15.8. The summed E-state index contributed by atoms with van der Waals surface area (Å²) in [7, 11) is 1.42. The Hall–Kier alpha value is -3.69. The van der Waals surface area contributed by atoms with Gasteiger partial charge in [-0.2, -0.15) is 0 Å². The molecular formula is C32H32ClF2N3O4. The van der Waals surface area contributed by atoms with Crippen molar-refractivity contribution >= 4 is 34.9 Å². The highest BCUT2D eigenvalue weighted by Gasteiger charge is 2.68. The van der Waals surface area contributed by atoms with Crippen molar-refractivity contribution in [2.75, 3.05) is 30.5 Å². The Kier molecular flexibility index (Phi) is 6.74. The van der Waals surface area contributed by atoms with Crippen molar-refractivity contribution < 1.29 is 28.2 Å². The van der Waals surface area contributed by atoms with Crippen molar-refractivity contribution in [3.63, 3.8) is 0 Å². The van der Waals surface area contributed by atoms with Crippen LogP contribution in [0.2, 0.25) is 5.02 Å². The third kappa shape index (κ3) is 4.24. The molecule has 3 aromatic carbocycles. The van der Waals surface area contributed by atoms with E-state index >= 15 is 4.39 Å². The normalized spacial score (nSPS) is 25.1. The number of hydrogen-bond acceptors (Lipinski definition) is 5. The molecule has 3 aromatic rings. The van der Waals surface area contributed by atoms with Crippen molar-refractivity contribution in [2.24, 2.45) is 5.41 Å². The van der Waals surface area contributed by atoms with Crippen molar-refractivity contribution in [3.8, 4) is 5.75 Å². The maximum Gasteiger partial charge on any atom is 0.335 e. The predicted molar refractivity (Wildman–Crippen MR) is 157 cm³/mol. The van der Waals surface area contributed by atoms with Crippen LogP contribution in [-0.4, -0.2) is 54.3 Å². The second-order valence-electron chi connectivity index (χ2n) is 12.5. The molecule has 0 bridgehead atoms. The van der Waals surface area contributed by atoms with E-state index in [4.69, 9.17) is 16.3 Å². The van der Waals surface area contributed by atoms with Gasteiger partial charge in [-0.15, -0.1) is 0 Å². The fourth-order valence-electron chi connectivity index (χ4n) is 7.33. The number of ether oxygens (including phenoxy) is 1. The van der Waals surface area contributed by atoms with Gasteiger partial charge in [0.15, 0.2) is 11.6 Å². The second kappa shape index (κ2) is 9.95. The van der Waals surface area contributed by atoms with Crippen LogP contribution in [-0.2, 0) is 10.2 Å². The Morgan fingerprint density at radius 1 is 1.17 bits per heavy atom. The summed E-state index contributed by atoms with van der Waals surface area (Å²) in [5.41, 5.74) is 1.39. The summed E-state index contributed by atoms with van der Waals surface area (Å²) >= 11 is 6.36. The van der Waals surface area contributed by atoms with E-state index in [1.165, 1.54) is 25.3 Å². The van der Waals surface area contributed by atoms with E-state index in [-0.39, 0.29) is 40.9 Å². The van der Waals surface area contributed by atoms with Crippen molar-refractivity contribution in [2.45, 2.75) is 50.6 Å². The molecule has 0 radical (unpaired) electrons. The number of halogens is 3. The van der Waals surface area contributed by atoms with Gasteiger partial charge in [0.25, 0.3) is 0 Å². The summed E-state index contributed by atoms with van der Waals surface area (Å²) in [4.78, 5) is 29.8. The minimum atomic E-state index is -1.12. The fraction of sp³-hybridized carbons (Fsp3) is 0.375. The first-order valence-corrected chi connectivity index (χ1v) is 14.2. The lowest BCUT2D eigenvalue weighted by Crippen LogP contribution is -2.49. The third-order valence-electron chi connectivity index (χ3n) is 8.94. The van der Waals surface area contributed by atoms with Crippen molar-refractivity contribution in [3.05, 3.63) is 87.9 Å². The number of carbonyl (C=O) groups is 2. The molecule has 6 rings (SSSR count). The SMILES string of the molecule is COc1cc(C(=O)O)ccc1N1CN2[C@@H](CC(C)(C)C)[C@@]3(CNc4cc(Cl)ccc43)[C@@H](c3cccc(F)c3F)[C@@H]2C1=O. The molecule has 3 aliphatic heterocycles. The molecule has 0 aromatic heterocycles. The lowest BCUT2D eigenvalue weighted by Gasteiger charge is -2.42. The quantitative estimate of drug-likeness (QED) is 0.362. The lowest BCUT2D eigenvalue weighted by atomic mass is 9.62. The minimum Gasteiger partial charge on any atom is -0.495 e. The third-order valence-corrected chi connectivity index (χ3v) is 9.18. The summed E-state index contributed by atoms with van der Waals surface area (Å²) in [5, 5.41) is 13.5.